The van der Waals surface area contributed by atoms with Crippen LogP contribution in [0.3, 0.4) is 0 Å². The second-order valence-electron chi connectivity index (χ2n) is 8.35. The third kappa shape index (κ3) is 4.28. The molecule has 0 aliphatic rings. The fourth-order valence-corrected chi connectivity index (χ4v) is 3.84. The Hall–Kier alpha value is -3.81. The number of nitrogens with one attached hydrogen (secondary N) is 1. The van der Waals surface area contributed by atoms with Gasteiger partial charge in [0.2, 0.25) is 5.75 Å². The topological polar surface area (TPSA) is 87.5 Å². The van der Waals surface area contributed by atoms with Gasteiger partial charge >= 0.3 is 0 Å². The quantitative estimate of drug-likeness (QED) is 0.436. The van der Waals surface area contributed by atoms with Gasteiger partial charge in [-0.1, -0.05) is 25.5 Å². The van der Waals surface area contributed by atoms with E-state index in [-0.39, 0.29) is 5.91 Å². The maximum Gasteiger partial charge on any atom is 0.257 e. The number of anilines is 1. The highest BCUT2D eigenvalue weighted by Crippen LogP contribution is 2.38. The van der Waals surface area contributed by atoms with Crippen molar-refractivity contribution in [2.24, 2.45) is 5.92 Å². The molecule has 0 spiro atoms. The predicted octanol–water partition coefficient (Wildman–Crippen LogP) is 4.83. The Balaban J connectivity index is 1.80. The minimum Gasteiger partial charge on any atom is -0.493 e. The molecule has 0 fully saturated rings. The molecule has 0 saturated carbocycles. The van der Waals surface area contributed by atoms with Crippen molar-refractivity contribution in [1.29, 1.82) is 0 Å². The first-order valence-corrected chi connectivity index (χ1v) is 10.7. The highest BCUT2D eigenvalue weighted by atomic mass is 16.5. The van der Waals surface area contributed by atoms with E-state index in [2.05, 4.69) is 25.2 Å². The molecule has 2 aromatic carbocycles. The van der Waals surface area contributed by atoms with E-state index in [0.717, 1.165) is 27.5 Å². The smallest absolute Gasteiger partial charge is 0.257 e. The van der Waals surface area contributed by atoms with Crippen LogP contribution < -0.4 is 19.5 Å². The molecule has 2 aromatic heterocycles. The number of carbonyl (C=O) groups excluding carboxylic acids is 1. The largest absolute Gasteiger partial charge is 0.493 e. The van der Waals surface area contributed by atoms with Crippen molar-refractivity contribution < 1.29 is 19.0 Å². The molecular formula is C25H28N4O4. The molecule has 0 aliphatic heterocycles. The average Bonchev–Trinajstić information content (AvgIpc) is 3.11. The van der Waals surface area contributed by atoms with Gasteiger partial charge in [0.1, 0.15) is 0 Å². The number of carbonyl (C=O) groups is 1. The van der Waals surface area contributed by atoms with Gasteiger partial charge in [0.15, 0.2) is 23.0 Å². The Morgan fingerprint density at radius 3 is 2.33 bits per heavy atom. The molecule has 172 valence electrons. The van der Waals surface area contributed by atoms with Crippen LogP contribution in [0.4, 0.5) is 5.82 Å². The molecule has 0 radical (unpaired) electrons. The highest BCUT2D eigenvalue weighted by molar-refractivity contribution is 6.09. The highest BCUT2D eigenvalue weighted by Gasteiger charge is 2.20. The van der Waals surface area contributed by atoms with Crippen LogP contribution in [0.15, 0.2) is 36.4 Å². The SMILES string of the molecule is COc1cc(C(=O)Nc2nn(CC(C)C)c3nc4ccc(C)cc4cc23)cc(OC)c1OC. The summed E-state index contributed by atoms with van der Waals surface area (Å²) in [6.45, 7) is 6.96. The van der Waals surface area contributed by atoms with E-state index in [4.69, 9.17) is 24.3 Å². The Bertz CT molecular complexity index is 1320. The lowest BCUT2D eigenvalue weighted by Gasteiger charge is -2.13. The molecule has 33 heavy (non-hydrogen) atoms. The van der Waals surface area contributed by atoms with Crippen LogP contribution in [0, 0.1) is 12.8 Å². The molecule has 2 heterocycles. The van der Waals surface area contributed by atoms with Gasteiger partial charge in [-0.3, -0.25) is 4.79 Å². The Morgan fingerprint density at radius 1 is 1.03 bits per heavy atom. The summed E-state index contributed by atoms with van der Waals surface area (Å²) in [5.41, 5.74) is 3.13. The molecule has 0 bridgehead atoms. The van der Waals surface area contributed by atoms with Crippen molar-refractivity contribution in [2.75, 3.05) is 26.6 Å². The second kappa shape index (κ2) is 8.97. The van der Waals surface area contributed by atoms with Gasteiger partial charge < -0.3 is 19.5 Å². The van der Waals surface area contributed by atoms with Crippen LogP contribution in [0.5, 0.6) is 17.2 Å². The minimum atomic E-state index is -0.338. The fraction of sp³-hybridized carbons (Fsp3) is 0.320. The van der Waals surface area contributed by atoms with Gasteiger partial charge in [-0.05, 0) is 43.2 Å². The molecule has 8 heteroatoms. The number of benzene rings is 2. The van der Waals surface area contributed by atoms with Crippen LogP contribution in [0.25, 0.3) is 21.9 Å². The number of aryl methyl sites for hydroxylation is 1. The summed E-state index contributed by atoms with van der Waals surface area (Å²) >= 11 is 0. The van der Waals surface area contributed by atoms with E-state index in [1.165, 1.54) is 21.3 Å². The van der Waals surface area contributed by atoms with Crippen molar-refractivity contribution in [1.82, 2.24) is 14.8 Å². The fourth-order valence-electron chi connectivity index (χ4n) is 3.84. The van der Waals surface area contributed by atoms with E-state index in [9.17, 15) is 4.79 Å². The Morgan fingerprint density at radius 2 is 1.73 bits per heavy atom. The number of hydrogen-bond acceptors (Lipinski definition) is 6. The molecule has 0 atom stereocenters. The van der Waals surface area contributed by atoms with Crippen LogP contribution in [-0.4, -0.2) is 42.0 Å². The van der Waals surface area contributed by atoms with E-state index in [1.807, 2.05) is 29.8 Å². The summed E-state index contributed by atoms with van der Waals surface area (Å²) < 4.78 is 18.0. The zero-order valence-corrected chi connectivity index (χ0v) is 19.7. The van der Waals surface area contributed by atoms with Crippen molar-refractivity contribution in [3.8, 4) is 17.2 Å². The Labute approximate surface area is 192 Å². The molecule has 0 unspecified atom stereocenters. The number of rotatable bonds is 7. The first-order chi connectivity index (χ1) is 15.8. The molecule has 1 amide bonds. The number of pyridine rings is 1. The van der Waals surface area contributed by atoms with Crippen molar-refractivity contribution in [2.45, 2.75) is 27.3 Å². The number of ether oxygens (including phenoxy) is 3. The maximum absolute atomic E-state index is 13.2. The number of aromatic nitrogens is 3. The summed E-state index contributed by atoms with van der Waals surface area (Å²) in [6, 6.07) is 11.4. The third-order valence-electron chi connectivity index (χ3n) is 5.37. The van der Waals surface area contributed by atoms with Crippen LogP contribution in [-0.2, 0) is 6.54 Å². The van der Waals surface area contributed by atoms with Gasteiger partial charge in [0.05, 0.1) is 32.2 Å². The normalized spacial score (nSPS) is 11.2. The predicted molar refractivity (Wildman–Crippen MR) is 129 cm³/mol. The second-order valence-corrected chi connectivity index (χ2v) is 8.35. The van der Waals surface area contributed by atoms with Crippen molar-refractivity contribution >= 4 is 33.7 Å². The number of hydrogen-bond donors (Lipinski definition) is 1. The molecule has 4 rings (SSSR count). The number of methoxy groups -OCH3 is 3. The number of nitrogens with zero attached hydrogens (tertiary/aromatic N) is 3. The van der Waals surface area contributed by atoms with Gasteiger partial charge in [0, 0.05) is 17.5 Å². The van der Waals surface area contributed by atoms with Gasteiger partial charge in [-0.25, -0.2) is 9.67 Å². The summed E-state index contributed by atoms with van der Waals surface area (Å²) in [7, 11) is 4.55. The summed E-state index contributed by atoms with van der Waals surface area (Å²) in [5, 5.41) is 9.43. The first kappa shape index (κ1) is 22.4. The van der Waals surface area contributed by atoms with E-state index in [0.29, 0.717) is 41.1 Å². The molecular weight excluding hydrogens is 420 g/mol. The monoisotopic (exact) mass is 448 g/mol. The van der Waals surface area contributed by atoms with E-state index in [1.54, 1.807) is 12.1 Å². The molecule has 1 N–H and O–H groups in total. The van der Waals surface area contributed by atoms with Crippen LogP contribution in [0.1, 0.15) is 29.8 Å². The van der Waals surface area contributed by atoms with Gasteiger partial charge in [0.25, 0.3) is 5.91 Å². The zero-order valence-electron chi connectivity index (χ0n) is 19.7. The molecule has 4 aromatic rings. The summed E-state index contributed by atoms with van der Waals surface area (Å²) in [5.74, 6) is 1.71. The first-order valence-electron chi connectivity index (χ1n) is 10.7. The van der Waals surface area contributed by atoms with E-state index < -0.39 is 0 Å². The lowest BCUT2D eigenvalue weighted by Crippen LogP contribution is -2.14. The minimum absolute atomic E-state index is 0.338. The van der Waals surface area contributed by atoms with Gasteiger partial charge in [-0.15, -0.1) is 0 Å². The van der Waals surface area contributed by atoms with Crippen LogP contribution >= 0.6 is 0 Å². The number of fused-ring (bicyclic) bond motifs is 2. The zero-order chi connectivity index (χ0) is 23.7. The van der Waals surface area contributed by atoms with Crippen LogP contribution in [0.2, 0.25) is 0 Å². The standard InChI is InChI=1S/C25H28N4O4/c1-14(2)13-29-24-18(10-16-9-15(3)7-8-19(16)26-24)23(28-29)27-25(30)17-11-20(31-4)22(33-6)21(12-17)32-5/h7-12,14H,13H2,1-6H3,(H,27,28,30). The summed E-state index contributed by atoms with van der Waals surface area (Å²) in [6.07, 6.45) is 0. The molecule has 0 saturated heterocycles. The third-order valence-corrected chi connectivity index (χ3v) is 5.37. The molecule has 0 aliphatic carbocycles. The number of amides is 1. The molecule has 8 nitrogen and oxygen atoms in total. The maximum atomic E-state index is 13.2. The lowest BCUT2D eigenvalue weighted by molar-refractivity contribution is 0.102. The van der Waals surface area contributed by atoms with Crippen molar-refractivity contribution in [3.63, 3.8) is 0 Å². The van der Waals surface area contributed by atoms with Gasteiger partial charge in [-0.2, -0.15) is 5.10 Å². The van der Waals surface area contributed by atoms with E-state index >= 15 is 0 Å². The average molecular weight is 449 g/mol. The lowest BCUT2D eigenvalue weighted by atomic mass is 10.1. The summed E-state index contributed by atoms with van der Waals surface area (Å²) in [4.78, 5) is 18.1. The van der Waals surface area contributed by atoms with Crippen molar-refractivity contribution in [3.05, 3.63) is 47.5 Å². The Kier molecular flexibility index (Phi) is 6.09.